The van der Waals surface area contributed by atoms with Crippen molar-refractivity contribution in [2.75, 3.05) is 0 Å². The molecule has 0 bridgehead atoms. The van der Waals surface area contributed by atoms with Gasteiger partial charge < -0.3 is 9.47 Å². The van der Waals surface area contributed by atoms with Crippen LogP contribution in [0.25, 0.3) is 0 Å². The van der Waals surface area contributed by atoms with Crippen LogP contribution in [0.4, 0.5) is 65.9 Å². The molecule has 52 heavy (non-hydrogen) atoms. The van der Waals surface area contributed by atoms with Crippen molar-refractivity contribution in [2.24, 2.45) is 0 Å². The Morgan fingerprint density at radius 2 is 0.692 bits per heavy atom. The first-order valence-corrected chi connectivity index (χ1v) is 15.2. The number of alkyl halides is 7. The van der Waals surface area contributed by atoms with Crippen molar-refractivity contribution in [3.05, 3.63) is 128 Å². The van der Waals surface area contributed by atoms with Crippen LogP contribution >= 0.6 is 0 Å². The van der Waals surface area contributed by atoms with E-state index in [-0.39, 0.29) is 42.5 Å². The minimum Gasteiger partial charge on any atom is -0.429 e. The summed E-state index contributed by atoms with van der Waals surface area (Å²) in [6, 6.07) is 2.89. The molecule has 0 aliphatic rings. The van der Waals surface area contributed by atoms with Gasteiger partial charge in [-0.05, 0) is 68.0 Å². The Hall–Kier alpha value is -4.57. The summed E-state index contributed by atoms with van der Waals surface area (Å²) in [6.07, 6.45) is -13.0. The molecule has 0 aliphatic heterocycles. The Kier molecular flexibility index (Phi) is 12.0. The zero-order valence-electron chi connectivity index (χ0n) is 26.6. The zero-order valence-corrected chi connectivity index (χ0v) is 26.6. The maximum Gasteiger partial charge on any atom is 0.432 e. The van der Waals surface area contributed by atoms with Gasteiger partial charge in [-0.2, -0.15) is 30.7 Å². The van der Waals surface area contributed by atoms with E-state index in [4.69, 9.17) is 0 Å². The number of ether oxygens (including phenoxy) is 2. The van der Waals surface area contributed by atoms with Crippen LogP contribution in [0.1, 0.15) is 65.5 Å². The molecule has 0 saturated heterocycles. The molecule has 0 unspecified atom stereocenters. The molecular weight excluding hydrogens is 737 g/mol. The van der Waals surface area contributed by atoms with E-state index >= 15 is 0 Å². The number of hydrogen-bond donors (Lipinski definition) is 0. The van der Waals surface area contributed by atoms with Crippen LogP contribution in [0.2, 0.25) is 0 Å². The van der Waals surface area contributed by atoms with Gasteiger partial charge in [0.15, 0.2) is 0 Å². The molecule has 0 radical (unpaired) electrons. The van der Waals surface area contributed by atoms with E-state index in [1.807, 2.05) is 0 Å². The molecule has 0 fully saturated rings. The molecule has 282 valence electrons. The second-order valence-electron chi connectivity index (χ2n) is 11.6. The number of benzene rings is 4. The van der Waals surface area contributed by atoms with E-state index in [0.717, 1.165) is 6.92 Å². The first-order valence-electron chi connectivity index (χ1n) is 15.2. The average Bonchev–Trinajstić information content (AvgIpc) is 2.96. The van der Waals surface area contributed by atoms with Crippen molar-refractivity contribution >= 4 is 0 Å². The zero-order chi connectivity index (χ0) is 38.8. The maximum absolute atomic E-state index is 14.6. The van der Waals surface area contributed by atoms with Crippen molar-refractivity contribution < 1.29 is 75.3 Å². The van der Waals surface area contributed by atoms with Crippen molar-refractivity contribution in [3.63, 3.8) is 0 Å². The van der Waals surface area contributed by atoms with Crippen molar-refractivity contribution in [3.8, 4) is 11.5 Å². The number of unbranched alkanes of at least 4 members (excludes halogenated alkanes) is 4. The number of aryl methyl sites for hydroxylation is 2. The molecule has 4 rings (SSSR count). The monoisotopic (exact) mass is 762 g/mol. The van der Waals surface area contributed by atoms with Gasteiger partial charge in [0.2, 0.25) is 0 Å². The van der Waals surface area contributed by atoms with Crippen LogP contribution in [-0.2, 0) is 31.2 Å². The fraction of sp³-hybridized carbons (Fsp3) is 0.314. The molecule has 0 aliphatic carbocycles. The molecule has 2 nitrogen and oxygen atoms in total. The summed E-state index contributed by atoms with van der Waals surface area (Å²) in [7, 11) is 0. The Labute approximate surface area is 285 Å². The van der Waals surface area contributed by atoms with Gasteiger partial charge in [0.25, 0.3) is 0 Å². The maximum atomic E-state index is 14.6. The fourth-order valence-electron chi connectivity index (χ4n) is 5.24. The first-order chi connectivity index (χ1) is 24.1. The summed E-state index contributed by atoms with van der Waals surface area (Å²) in [5.41, 5.74) is -6.62. The summed E-state index contributed by atoms with van der Waals surface area (Å²) in [5, 5.41) is 0. The molecule has 0 atom stereocenters. The lowest BCUT2D eigenvalue weighted by molar-refractivity contribution is -0.190. The molecule has 0 spiro atoms. The van der Waals surface area contributed by atoms with E-state index in [1.165, 1.54) is 0 Å². The standard InChI is InChI=1S/C35H25F15O2/c1-17-22(36)13-20(14-23(17)37)51-34(47,48)31-24(38)9-18(10-25(31)39)7-5-3-2-4-6-8-19-11-26(40)32(27(41)12-19)35(49,50)52-21-15-28(42)30(29(43)16-21)33(44,45)46/h9-16H,2-8H2,1H3. The molecule has 0 heterocycles. The van der Waals surface area contributed by atoms with Gasteiger partial charge in [-0.15, -0.1) is 0 Å². The molecule has 0 aromatic heterocycles. The normalized spacial score (nSPS) is 12.4. The SMILES string of the molecule is Cc1c(F)cc(OC(F)(F)c2c(F)cc(CCCCCCCc3cc(F)c(C(F)(F)Oc4cc(F)c(C(F)(F)F)c(F)c4)c(F)c3)cc2F)cc1F. The van der Waals surface area contributed by atoms with Gasteiger partial charge in [-0.25, -0.2) is 35.1 Å². The van der Waals surface area contributed by atoms with E-state index in [2.05, 4.69) is 9.47 Å². The van der Waals surface area contributed by atoms with Gasteiger partial charge in [0, 0.05) is 29.8 Å². The van der Waals surface area contributed by atoms with Crippen molar-refractivity contribution in [1.29, 1.82) is 0 Å². The van der Waals surface area contributed by atoms with Gasteiger partial charge in [0.1, 0.15) is 74.7 Å². The third-order valence-electron chi connectivity index (χ3n) is 7.76. The van der Waals surface area contributed by atoms with E-state index in [9.17, 15) is 65.9 Å². The van der Waals surface area contributed by atoms with Crippen LogP contribution in [0.3, 0.4) is 0 Å². The largest absolute Gasteiger partial charge is 0.432 e. The third kappa shape index (κ3) is 9.45. The average molecular weight is 763 g/mol. The number of halogens is 15. The number of hydrogen-bond acceptors (Lipinski definition) is 2. The quantitative estimate of drug-likeness (QED) is 0.0941. The van der Waals surface area contributed by atoms with Gasteiger partial charge in [-0.3, -0.25) is 0 Å². The molecule has 17 heteroatoms. The minimum atomic E-state index is -5.50. The summed E-state index contributed by atoms with van der Waals surface area (Å²) >= 11 is 0. The van der Waals surface area contributed by atoms with Crippen molar-refractivity contribution in [1.82, 2.24) is 0 Å². The second-order valence-corrected chi connectivity index (χ2v) is 11.6. The summed E-state index contributed by atoms with van der Waals surface area (Å²) < 4.78 is 218. The van der Waals surface area contributed by atoms with Crippen LogP contribution in [0.15, 0.2) is 48.5 Å². The predicted octanol–water partition coefficient (Wildman–Crippen LogP) is 12.1. The molecule has 4 aromatic rings. The predicted molar refractivity (Wildman–Crippen MR) is 155 cm³/mol. The second kappa shape index (κ2) is 15.6. The van der Waals surface area contributed by atoms with E-state index in [1.54, 1.807) is 0 Å². The van der Waals surface area contributed by atoms with Crippen LogP contribution < -0.4 is 9.47 Å². The van der Waals surface area contributed by atoms with E-state index < -0.39 is 98.7 Å². The highest BCUT2D eigenvalue weighted by Gasteiger charge is 2.44. The lowest BCUT2D eigenvalue weighted by Crippen LogP contribution is -2.26. The summed E-state index contributed by atoms with van der Waals surface area (Å²) in [4.78, 5) is 0. The molecule has 0 amide bonds. The highest BCUT2D eigenvalue weighted by atomic mass is 19.4. The fourth-order valence-corrected chi connectivity index (χ4v) is 5.24. The molecule has 0 saturated carbocycles. The smallest absolute Gasteiger partial charge is 0.429 e. The highest BCUT2D eigenvalue weighted by Crippen LogP contribution is 2.40. The summed E-state index contributed by atoms with van der Waals surface area (Å²) in [6.45, 7) is 1.04. The Balaban J connectivity index is 1.27. The molecule has 4 aromatic carbocycles. The lowest BCUT2D eigenvalue weighted by atomic mass is 10.0. The number of rotatable bonds is 14. The minimum absolute atomic E-state index is 0.00802. The highest BCUT2D eigenvalue weighted by molar-refractivity contribution is 5.35. The van der Waals surface area contributed by atoms with Crippen LogP contribution in [0, 0.1) is 53.5 Å². The van der Waals surface area contributed by atoms with Crippen LogP contribution in [-0.4, -0.2) is 0 Å². The molecular formula is C35H25F15O2. The Bertz CT molecular complexity index is 1830. The van der Waals surface area contributed by atoms with Crippen molar-refractivity contribution in [2.45, 2.75) is 70.3 Å². The Morgan fingerprint density at radius 3 is 1.02 bits per heavy atom. The van der Waals surface area contributed by atoms with Crippen LogP contribution in [0.5, 0.6) is 11.5 Å². The third-order valence-corrected chi connectivity index (χ3v) is 7.76. The van der Waals surface area contributed by atoms with E-state index in [0.29, 0.717) is 62.1 Å². The molecule has 0 N–H and O–H groups in total. The Morgan fingerprint density at radius 1 is 0.404 bits per heavy atom. The van der Waals surface area contributed by atoms with Gasteiger partial charge in [-0.1, -0.05) is 19.3 Å². The lowest BCUT2D eigenvalue weighted by Gasteiger charge is -2.20. The topological polar surface area (TPSA) is 18.5 Å². The summed E-state index contributed by atoms with van der Waals surface area (Å²) in [5.74, 6) is -16.4. The van der Waals surface area contributed by atoms with Gasteiger partial charge in [0.05, 0.1) is 0 Å². The first kappa shape index (κ1) is 40.2. The van der Waals surface area contributed by atoms with Gasteiger partial charge >= 0.3 is 18.4 Å².